The van der Waals surface area contributed by atoms with Crippen LogP contribution in [-0.2, 0) is 16.1 Å². The van der Waals surface area contributed by atoms with Crippen molar-refractivity contribution in [1.29, 1.82) is 0 Å². The number of amides is 2. The number of nitrogens with one attached hydrogen (secondary N) is 2. The van der Waals surface area contributed by atoms with Gasteiger partial charge in [0, 0.05) is 42.7 Å². The fourth-order valence-electron chi connectivity index (χ4n) is 2.10. The Morgan fingerprint density at radius 1 is 1.14 bits per heavy atom. The second-order valence-electron chi connectivity index (χ2n) is 5.41. The van der Waals surface area contributed by atoms with Crippen LogP contribution in [0, 0.1) is 5.92 Å². The van der Waals surface area contributed by atoms with Crippen molar-refractivity contribution in [3.63, 3.8) is 0 Å². The second kappa shape index (κ2) is 6.43. The van der Waals surface area contributed by atoms with Gasteiger partial charge < -0.3 is 10.6 Å². The third-order valence-electron chi connectivity index (χ3n) is 3.51. The van der Waals surface area contributed by atoms with Crippen molar-refractivity contribution in [2.24, 2.45) is 5.92 Å². The Kier molecular flexibility index (Phi) is 4.18. The van der Waals surface area contributed by atoms with E-state index in [1.165, 1.54) is 0 Å². The summed E-state index contributed by atoms with van der Waals surface area (Å²) in [5.41, 5.74) is 1.47. The Bertz CT molecular complexity index is 645. The van der Waals surface area contributed by atoms with Gasteiger partial charge in [0.1, 0.15) is 0 Å². The largest absolute Gasteiger partial charge is 0.326 e. The van der Waals surface area contributed by atoms with Crippen LogP contribution in [-0.4, -0.2) is 21.6 Å². The Labute approximate surface area is 128 Å². The average Bonchev–Trinajstić information content (AvgIpc) is 3.24. The molecule has 0 unspecified atom stereocenters. The summed E-state index contributed by atoms with van der Waals surface area (Å²) < 4.78 is 1.72. The van der Waals surface area contributed by atoms with Crippen LogP contribution in [0.4, 0.5) is 11.4 Å². The molecule has 1 aliphatic carbocycles. The molecule has 1 aliphatic rings. The van der Waals surface area contributed by atoms with Gasteiger partial charge in [-0.25, -0.2) is 0 Å². The SMILES string of the molecule is O=C(CCn1cccn1)Nc1ccc(NC(=O)C2CC2)cc1. The highest BCUT2D eigenvalue weighted by atomic mass is 16.2. The van der Waals surface area contributed by atoms with E-state index in [9.17, 15) is 9.59 Å². The zero-order valence-electron chi connectivity index (χ0n) is 12.2. The molecule has 0 atom stereocenters. The molecule has 2 amide bonds. The molecule has 6 heteroatoms. The van der Waals surface area contributed by atoms with Crippen LogP contribution in [0.3, 0.4) is 0 Å². The molecule has 2 aromatic rings. The van der Waals surface area contributed by atoms with Crippen molar-refractivity contribution in [3.8, 4) is 0 Å². The molecule has 1 heterocycles. The molecule has 6 nitrogen and oxygen atoms in total. The first-order valence-electron chi connectivity index (χ1n) is 7.39. The third-order valence-corrected chi connectivity index (χ3v) is 3.51. The molecule has 0 radical (unpaired) electrons. The van der Waals surface area contributed by atoms with Crippen molar-refractivity contribution < 1.29 is 9.59 Å². The number of aromatic nitrogens is 2. The first-order valence-corrected chi connectivity index (χ1v) is 7.39. The first kappa shape index (κ1) is 14.3. The minimum atomic E-state index is -0.0646. The number of rotatable bonds is 6. The van der Waals surface area contributed by atoms with E-state index in [1.54, 1.807) is 35.1 Å². The van der Waals surface area contributed by atoms with E-state index in [4.69, 9.17) is 0 Å². The summed E-state index contributed by atoms with van der Waals surface area (Å²) in [5, 5.41) is 9.74. The van der Waals surface area contributed by atoms with E-state index >= 15 is 0 Å². The number of hydrogen-bond acceptors (Lipinski definition) is 3. The van der Waals surface area contributed by atoms with Gasteiger partial charge in [0.25, 0.3) is 0 Å². The van der Waals surface area contributed by atoms with Gasteiger partial charge in [0.2, 0.25) is 11.8 Å². The molecule has 0 saturated heterocycles. The van der Waals surface area contributed by atoms with Gasteiger partial charge in [-0.3, -0.25) is 14.3 Å². The monoisotopic (exact) mass is 298 g/mol. The minimum Gasteiger partial charge on any atom is -0.326 e. The highest BCUT2D eigenvalue weighted by Gasteiger charge is 2.29. The van der Waals surface area contributed by atoms with Crippen LogP contribution in [0.5, 0.6) is 0 Å². The molecule has 114 valence electrons. The molecule has 1 aromatic carbocycles. The maximum atomic E-state index is 11.8. The molecular weight excluding hydrogens is 280 g/mol. The zero-order chi connectivity index (χ0) is 15.4. The van der Waals surface area contributed by atoms with Crippen LogP contribution in [0.15, 0.2) is 42.7 Å². The van der Waals surface area contributed by atoms with Gasteiger partial charge in [0.05, 0.1) is 0 Å². The first-order chi connectivity index (χ1) is 10.7. The predicted octanol–water partition coefficient (Wildman–Crippen LogP) is 2.26. The number of aryl methyl sites for hydroxylation is 1. The van der Waals surface area contributed by atoms with E-state index in [1.807, 2.05) is 12.3 Å². The lowest BCUT2D eigenvalue weighted by Gasteiger charge is -2.08. The number of carbonyl (C=O) groups excluding carboxylic acids is 2. The van der Waals surface area contributed by atoms with Crippen LogP contribution >= 0.6 is 0 Å². The number of benzene rings is 1. The summed E-state index contributed by atoms with van der Waals surface area (Å²) in [6, 6.07) is 8.99. The molecule has 1 aromatic heterocycles. The lowest BCUT2D eigenvalue weighted by atomic mass is 10.2. The van der Waals surface area contributed by atoms with Crippen LogP contribution in [0.1, 0.15) is 19.3 Å². The number of nitrogens with zero attached hydrogens (tertiary/aromatic N) is 2. The van der Waals surface area contributed by atoms with Crippen molar-refractivity contribution in [2.45, 2.75) is 25.8 Å². The quantitative estimate of drug-likeness (QED) is 0.859. The van der Waals surface area contributed by atoms with E-state index in [2.05, 4.69) is 15.7 Å². The maximum Gasteiger partial charge on any atom is 0.227 e. The van der Waals surface area contributed by atoms with Gasteiger partial charge in [-0.2, -0.15) is 5.10 Å². The lowest BCUT2D eigenvalue weighted by Crippen LogP contribution is -2.15. The Morgan fingerprint density at radius 3 is 2.41 bits per heavy atom. The zero-order valence-corrected chi connectivity index (χ0v) is 12.2. The molecule has 1 fully saturated rings. The second-order valence-corrected chi connectivity index (χ2v) is 5.41. The van der Waals surface area contributed by atoms with Gasteiger partial charge in [-0.1, -0.05) is 0 Å². The minimum absolute atomic E-state index is 0.0646. The average molecular weight is 298 g/mol. The van der Waals surface area contributed by atoms with Crippen molar-refractivity contribution in [1.82, 2.24) is 9.78 Å². The Balaban J connectivity index is 1.47. The summed E-state index contributed by atoms with van der Waals surface area (Å²) >= 11 is 0. The number of hydrogen-bond donors (Lipinski definition) is 2. The molecule has 0 spiro atoms. The predicted molar refractivity (Wildman–Crippen MR) is 83.3 cm³/mol. The van der Waals surface area contributed by atoms with Crippen molar-refractivity contribution in [2.75, 3.05) is 10.6 Å². The van der Waals surface area contributed by atoms with Crippen LogP contribution in [0.25, 0.3) is 0 Å². The Hall–Kier alpha value is -2.63. The van der Waals surface area contributed by atoms with E-state index in [0.717, 1.165) is 24.2 Å². The molecular formula is C16H18N4O2. The summed E-state index contributed by atoms with van der Waals surface area (Å²) in [5.74, 6) is 0.197. The highest BCUT2D eigenvalue weighted by Crippen LogP contribution is 2.30. The summed E-state index contributed by atoms with van der Waals surface area (Å²) in [6.07, 6.45) is 5.84. The van der Waals surface area contributed by atoms with Gasteiger partial charge in [-0.15, -0.1) is 0 Å². The normalized spacial score (nSPS) is 13.6. The highest BCUT2D eigenvalue weighted by molar-refractivity contribution is 5.95. The summed E-state index contributed by atoms with van der Waals surface area (Å²) in [6.45, 7) is 0.550. The number of carbonyl (C=O) groups is 2. The maximum absolute atomic E-state index is 11.8. The van der Waals surface area contributed by atoms with Crippen molar-refractivity contribution in [3.05, 3.63) is 42.7 Å². The molecule has 3 rings (SSSR count). The van der Waals surface area contributed by atoms with Gasteiger partial charge in [-0.05, 0) is 43.2 Å². The molecule has 2 N–H and O–H groups in total. The fraction of sp³-hybridized carbons (Fsp3) is 0.312. The Morgan fingerprint density at radius 2 is 1.82 bits per heavy atom. The molecule has 0 bridgehead atoms. The summed E-state index contributed by atoms with van der Waals surface area (Å²) in [7, 11) is 0. The number of anilines is 2. The van der Waals surface area contributed by atoms with Crippen LogP contribution in [0.2, 0.25) is 0 Å². The van der Waals surface area contributed by atoms with Gasteiger partial charge >= 0.3 is 0 Å². The van der Waals surface area contributed by atoms with Gasteiger partial charge in [0.15, 0.2) is 0 Å². The van der Waals surface area contributed by atoms with Crippen molar-refractivity contribution >= 4 is 23.2 Å². The van der Waals surface area contributed by atoms with E-state index < -0.39 is 0 Å². The van der Waals surface area contributed by atoms with E-state index in [-0.39, 0.29) is 17.7 Å². The molecule has 22 heavy (non-hydrogen) atoms. The smallest absolute Gasteiger partial charge is 0.227 e. The third kappa shape index (κ3) is 3.94. The molecule has 0 aliphatic heterocycles. The standard InChI is InChI=1S/C16H18N4O2/c21-15(8-11-20-10-1-9-17-20)18-13-4-6-14(7-5-13)19-16(22)12-2-3-12/h1,4-7,9-10,12H,2-3,8,11H2,(H,18,21)(H,19,22). The van der Waals surface area contributed by atoms with Crippen LogP contribution < -0.4 is 10.6 Å². The molecule has 1 saturated carbocycles. The fourth-order valence-corrected chi connectivity index (χ4v) is 2.10. The van der Waals surface area contributed by atoms with E-state index in [0.29, 0.717) is 13.0 Å². The lowest BCUT2D eigenvalue weighted by molar-refractivity contribution is -0.117. The summed E-state index contributed by atoms with van der Waals surface area (Å²) in [4.78, 5) is 23.5. The topological polar surface area (TPSA) is 76.0 Å².